The molecular weight excluding hydrogens is 262 g/mol. The average Bonchev–Trinajstić information content (AvgIpc) is 2.54. The second-order valence-electron chi connectivity index (χ2n) is 5.81. The van der Waals surface area contributed by atoms with E-state index < -0.39 is 0 Å². The molecular formula is C18H29NO2. The van der Waals surface area contributed by atoms with Gasteiger partial charge in [-0.25, -0.2) is 0 Å². The highest BCUT2D eigenvalue weighted by molar-refractivity contribution is 5.36. The van der Waals surface area contributed by atoms with Gasteiger partial charge in [-0.15, -0.1) is 0 Å². The first-order chi connectivity index (χ1) is 10.4. The SMILES string of the molecule is CCNC(c1ccccc1OCCOC)C1CCCCC1. The van der Waals surface area contributed by atoms with Crippen molar-refractivity contribution in [2.24, 2.45) is 5.92 Å². The molecule has 1 aromatic rings. The molecule has 2 rings (SSSR count). The highest BCUT2D eigenvalue weighted by atomic mass is 16.5. The molecule has 0 radical (unpaired) electrons. The first kappa shape index (κ1) is 16.3. The fourth-order valence-corrected chi connectivity index (χ4v) is 3.32. The van der Waals surface area contributed by atoms with E-state index >= 15 is 0 Å². The third-order valence-electron chi connectivity index (χ3n) is 4.34. The van der Waals surface area contributed by atoms with Crippen LogP contribution in [0.1, 0.15) is 50.6 Å². The van der Waals surface area contributed by atoms with Crippen molar-refractivity contribution in [1.82, 2.24) is 5.32 Å². The fourth-order valence-electron chi connectivity index (χ4n) is 3.32. The van der Waals surface area contributed by atoms with Gasteiger partial charge in [0.25, 0.3) is 0 Å². The van der Waals surface area contributed by atoms with Crippen molar-refractivity contribution < 1.29 is 9.47 Å². The topological polar surface area (TPSA) is 30.5 Å². The van der Waals surface area contributed by atoms with Crippen molar-refractivity contribution in [3.8, 4) is 5.75 Å². The molecule has 3 nitrogen and oxygen atoms in total. The molecule has 0 spiro atoms. The summed E-state index contributed by atoms with van der Waals surface area (Å²) in [6.07, 6.45) is 6.76. The Morgan fingerprint density at radius 3 is 2.62 bits per heavy atom. The molecule has 0 amide bonds. The van der Waals surface area contributed by atoms with E-state index in [1.807, 2.05) is 0 Å². The highest BCUT2D eigenvalue weighted by Gasteiger charge is 2.26. The quantitative estimate of drug-likeness (QED) is 0.736. The van der Waals surface area contributed by atoms with Crippen LogP contribution in [0.4, 0.5) is 0 Å². The Morgan fingerprint density at radius 2 is 1.90 bits per heavy atom. The third kappa shape index (κ3) is 4.72. The standard InChI is InChI=1S/C18H29NO2/c1-3-19-18(15-9-5-4-6-10-15)16-11-7-8-12-17(16)21-14-13-20-2/h7-8,11-12,15,18-19H,3-6,9-10,13-14H2,1-2H3. The lowest BCUT2D eigenvalue weighted by molar-refractivity contribution is 0.144. The van der Waals surface area contributed by atoms with Gasteiger partial charge in [-0.2, -0.15) is 0 Å². The van der Waals surface area contributed by atoms with Crippen LogP contribution in [0.15, 0.2) is 24.3 Å². The molecule has 1 N–H and O–H groups in total. The van der Waals surface area contributed by atoms with Gasteiger partial charge in [-0.1, -0.05) is 44.4 Å². The Bertz CT molecular complexity index is 402. The van der Waals surface area contributed by atoms with Crippen LogP contribution in [0.3, 0.4) is 0 Å². The molecule has 1 aromatic carbocycles. The van der Waals surface area contributed by atoms with Crippen molar-refractivity contribution in [3.63, 3.8) is 0 Å². The Hall–Kier alpha value is -1.06. The zero-order chi connectivity index (χ0) is 14.9. The van der Waals surface area contributed by atoms with E-state index in [0.29, 0.717) is 19.3 Å². The minimum Gasteiger partial charge on any atom is -0.491 e. The lowest BCUT2D eigenvalue weighted by atomic mass is 9.81. The Kier molecular flexibility index (Phi) is 7.04. The summed E-state index contributed by atoms with van der Waals surface area (Å²) < 4.78 is 11.0. The molecule has 3 heteroatoms. The number of hydrogen-bond donors (Lipinski definition) is 1. The minimum atomic E-state index is 0.411. The van der Waals surface area contributed by atoms with E-state index in [1.54, 1.807) is 7.11 Å². The molecule has 0 saturated heterocycles. The van der Waals surface area contributed by atoms with Gasteiger partial charge < -0.3 is 14.8 Å². The van der Waals surface area contributed by atoms with Crippen LogP contribution < -0.4 is 10.1 Å². The van der Waals surface area contributed by atoms with Crippen molar-refractivity contribution in [2.75, 3.05) is 26.9 Å². The van der Waals surface area contributed by atoms with Crippen LogP contribution >= 0.6 is 0 Å². The second kappa shape index (κ2) is 9.06. The number of ether oxygens (including phenoxy) is 2. The first-order valence-electron chi connectivity index (χ1n) is 8.30. The lowest BCUT2D eigenvalue weighted by Crippen LogP contribution is -2.30. The number of hydrogen-bond acceptors (Lipinski definition) is 3. The molecule has 1 aliphatic carbocycles. The Labute approximate surface area is 129 Å². The number of rotatable bonds is 8. The van der Waals surface area contributed by atoms with E-state index in [-0.39, 0.29) is 0 Å². The molecule has 1 saturated carbocycles. The van der Waals surface area contributed by atoms with Gasteiger partial charge in [0, 0.05) is 18.7 Å². The number of nitrogens with one attached hydrogen (secondary N) is 1. The largest absolute Gasteiger partial charge is 0.491 e. The fraction of sp³-hybridized carbons (Fsp3) is 0.667. The van der Waals surface area contributed by atoms with Crippen molar-refractivity contribution in [1.29, 1.82) is 0 Å². The van der Waals surface area contributed by atoms with Crippen LogP contribution in [0, 0.1) is 5.92 Å². The predicted molar refractivity (Wildman–Crippen MR) is 86.8 cm³/mol. The van der Waals surface area contributed by atoms with Gasteiger partial charge in [-0.05, 0) is 31.4 Å². The molecule has 1 unspecified atom stereocenters. The van der Waals surface area contributed by atoms with Crippen molar-refractivity contribution >= 4 is 0 Å². The number of benzene rings is 1. The lowest BCUT2D eigenvalue weighted by Gasteiger charge is -2.32. The predicted octanol–water partition coefficient (Wildman–Crippen LogP) is 3.94. The summed E-state index contributed by atoms with van der Waals surface area (Å²) >= 11 is 0. The second-order valence-corrected chi connectivity index (χ2v) is 5.81. The summed E-state index contributed by atoms with van der Waals surface area (Å²) in [6, 6.07) is 8.87. The molecule has 0 bridgehead atoms. The zero-order valence-electron chi connectivity index (χ0n) is 13.4. The van der Waals surface area contributed by atoms with E-state index in [4.69, 9.17) is 9.47 Å². The smallest absolute Gasteiger partial charge is 0.124 e. The maximum atomic E-state index is 5.93. The summed E-state index contributed by atoms with van der Waals surface area (Å²) in [6.45, 7) is 4.42. The van der Waals surface area contributed by atoms with Gasteiger partial charge in [0.15, 0.2) is 0 Å². The molecule has 1 aliphatic rings. The number of methoxy groups -OCH3 is 1. The van der Waals surface area contributed by atoms with E-state index in [9.17, 15) is 0 Å². The molecule has 0 heterocycles. The Balaban J connectivity index is 2.14. The van der Waals surface area contributed by atoms with Crippen LogP contribution in [0.25, 0.3) is 0 Å². The highest BCUT2D eigenvalue weighted by Crippen LogP contribution is 2.37. The van der Waals surface area contributed by atoms with E-state index in [0.717, 1.165) is 18.2 Å². The summed E-state index contributed by atoms with van der Waals surface area (Å²) in [5.74, 6) is 1.73. The minimum absolute atomic E-state index is 0.411. The van der Waals surface area contributed by atoms with Crippen LogP contribution in [0.5, 0.6) is 5.75 Å². The molecule has 0 aromatic heterocycles. The summed E-state index contributed by atoms with van der Waals surface area (Å²) in [7, 11) is 1.71. The molecule has 21 heavy (non-hydrogen) atoms. The molecule has 118 valence electrons. The van der Waals surface area contributed by atoms with Crippen molar-refractivity contribution in [2.45, 2.75) is 45.1 Å². The summed E-state index contributed by atoms with van der Waals surface area (Å²) in [4.78, 5) is 0. The van der Waals surface area contributed by atoms with Crippen LogP contribution in [-0.4, -0.2) is 26.9 Å². The molecule has 0 aliphatic heterocycles. The normalized spacial score (nSPS) is 17.6. The summed E-state index contributed by atoms with van der Waals surface area (Å²) in [5.41, 5.74) is 1.31. The number of para-hydroxylation sites is 1. The maximum absolute atomic E-state index is 5.93. The monoisotopic (exact) mass is 291 g/mol. The maximum Gasteiger partial charge on any atom is 0.124 e. The van der Waals surface area contributed by atoms with Gasteiger partial charge >= 0.3 is 0 Å². The average molecular weight is 291 g/mol. The van der Waals surface area contributed by atoms with E-state index in [1.165, 1.54) is 37.7 Å². The summed E-state index contributed by atoms with van der Waals surface area (Å²) in [5, 5.41) is 3.69. The first-order valence-corrected chi connectivity index (χ1v) is 8.30. The van der Waals surface area contributed by atoms with Gasteiger partial charge in [0.2, 0.25) is 0 Å². The van der Waals surface area contributed by atoms with Gasteiger partial charge in [-0.3, -0.25) is 0 Å². The van der Waals surface area contributed by atoms with Crippen LogP contribution in [-0.2, 0) is 4.74 Å². The van der Waals surface area contributed by atoms with Crippen molar-refractivity contribution in [3.05, 3.63) is 29.8 Å². The molecule has 1 fully saturated rings. The van der Waals surface area contributed by atoms with Gasteiger partial charge in [0.1, 0.15) is 12.4 Å². The van der Waals surface area contributed by atoms with Gasteiger partial charge in [0.05, 0.1) is 6.61 Å². The van der Waals surface area contributed by atoms with Crippen LogP contribution in [0.2, 0.25) is 0 Å². The third-order valence-corrected chi connectivity index (χ3v) is 4.34. The Morgan fingerprint density at radius 1 is 1.14 bits per heavy atom. The molecule has 1 atom stereocenters. The van der Waals surface area contributed by atoms with E-state index in [2.05, 4.69) is 36.5 Å². The zero-order valence-corrected chi connectivity index (χ0v) is 13.4.